The van der Waals surface area contributed by atoms with Crippen molar-refractivity contribution in [2.75, 3.05) is 37.6 Å². The first kappa shape index (κ1) is 26.2. The summed E-state index contributed by atoms with van der Waals surface area (Å²) in [6.07, 6.45) is 1.61. The number of phosphoric acid groups is 1. The molecule has 0 saturated carbocycles. The number of piperazine rings is 1. The van der Waals surface area contributed by atoms with Crippen LogP contribution in [0.1, 0.15) is 0 Å². The molecule has 35 heavy (non-hydrogen) atoms. The first-order valence-corrected chi connectivity index (χ1v) is 12.0. The second-order valence-corrected chi connectivity index (χ2v) is 8.96. The lowest BCUT2D eigenvalue weighted by Crippen LogP contribution is -2.47. The molecule has 0 unspecified atom stereocenters. The normalized spacial score (nSPS) is 14.6. The van der Waals surface area contributed by atoms with Crippen molar-refractivity contribution in [1.29, 1.82) is 0 Å². The summed E-state index contributed by atoms with van der Waals surface area (Å²) in [5.41, 5.74) is 1.17. The van der Waals surface area contributed by atoms with Crippen LogP contribution in [0.2, 0.25) is 0 Å². The van der Waals surface area contributed by atoms with Crippen LogP contribution in [0.15, 0.2) is 40.2 Å². The number of anilines is 1. The SMILES string of the molecule is Cn1c(=O)c2c(ncn2CCN2CCN(c3ccc([N+](=O)[O-])cc3)CC2)n(C)c1=O.O=P(O)(O)O. The summed E-state index contributed by atoms with van der Waals surface area (Å²) in [5.74, 6) is 0. The maximum absolute atomic E-state index is 12.5. The van der Waals surface area contributed by atoms with Crippen molar-refractivity contribution in [2.45, 2.75) is 6.54 Å². The largest absolute Gasteiger partial charge is 0.466 e. The van der Waals surface area contributed by atoms with Gasteiger partial charge in [0.25, 0.3) is 11.2 Å². The maximum atomic E-state index is 12.5. The van der Waals surface area contributed by atoms with Gasteiger partial charge in [0.15, 0.2) is 11.2 Å². The topological polar surface area (TPSA) is 189 Å². The number of aryl methyl sites for hydroxylation is 1. The van der Waals surface area contributed by atoms with Crippen LogP contribution in [0.5, 0.6) is 0 Å². The summed E-state index contributed by atoms with van der Waals surface area (Å²) in [7, 11) is -1.56. The van der Waals surface area contributed by atoms with Crippen molar-refractivity contribution in [3.05, 3.63) is 61.5 Å². The van der Waals surface area contributed by atoms with Crippen molar-refractivity contribution in [1.82, 2.24) is 23.6 Å². The van der Waals surface area contributed by atoms with Gasteiger partial charge >= 0.3 is 13.5 Å². The Balaban J connectivity index is 0.000000623. The van der Waals surface area contributed by atoms with Crippen molar-refractivity contribution < 1.29 is 24.2 Å². The van der Waals surface area contributed by atoms with Crippen LogP contribution in [0.4, 0.5) is 11.4 Å². The zero-order chi connectivity index (χ0) is 25.9. The molecule has 1 saturated heterocycles. The van der Waals surface area contributed by atoms with E-state index in [2.05, 4.69) is 14.8 Å². The molecule has 0 spiro atoms. The third-order valence-electron chi connectivity index (χ3n) is 5.67. The van der Waals surface area contributed by atoms with Crippen molar-refractivity contribution in [3.63, 3.8) is 0 Å². The van der Waals surface area contributed by atoms with Crippen LogP contribution in [-0.4, -0.2) is 75.9 Å². The molecule has 16 heteroatoms. The first-order chi connectivity index (χ1) is 16.4. The van der Waals surface area contributed by atoms with E-state index in [1.165, 1.54) is 23.7 Å². The zero-order valence-corrected chi connectivity index (χ0v) is 20.0. The third-order valence-corrected chi connectivity index (χ3v) is 5.67. The molecule has 15 nitrogen and oxygen atoms in total. The number of nitrogens with zero attached hydrogens (tertiary/aromatic N) is 7. The minimum absolute atomic E-state index is 0.0913. The number of benzene rings is 1. The molecule has 0 radical (unpaired) electrons. The van der Waals surface area contributed by atoms with E-state index in [-0.39, 0.29) is 16.9 Å². The minimum atomic E-state index is -4.64. The lowest BCUT2D eigenvalue weighted by molar-refractivity contribution is -0.384. The Bertz CT molecular complexity index is 1360. The molecule has 3 aromatic rings. The molecule has 3 N–H and O–H groups in total. The summed E-state index contributed by atoms with van der Waals surface area (Å²) in [6.45, 7) is 4.69. The molecule has 0 aliphatic carbocycles. The molecule has 4 rings (SSSR count). The Labute approximate surface area is 198 Å². The van der Waals surface area contributed by atoms with Gasteiger partial charge in [-0.25, -0.2) is 14.3 Å². The molecule has 0 bridgehead atoms. The predicted octanol–water partition coefficient (Wildman–Crippen LogP) is -0.764. The first-order valence-electron chi connectivity index (χ1n) is 10.5. The van der Waals surface area contributed by atoms with E-state index in [9.17, 15) is 19.7 Å². The summed E-state index contributed by atoms with van der Waals surface area (Å²) < 4.78 is 13.2. The van der Waals surface area contributed by atoms with E-state index in [1.54, 1.807) is 30.1 Å². The van der Waals surface area contributed by atoms with Gasteiger partial charge in [-0.3, -0.25) is 28.9 Å². The number of imidazole rings is 1. The van der Waals surface area contributed by atoms with E-state index in [0.717, 1.165) is 43.0 Å². The average Bonchev–Trinajstić information content (AvgIpc) is 3.23. The van der Waals surface area contributed by atoms with Gasteiger partial charge in [-0.2, -0.15) is 0 Å². The van der Waals surface area contributed by atoms with Crippen LogP contribution in [0.3, 0.4) is 0 Å². The molecule has 3 heterocycles. The zero-order valence-electron chi connectivity index (χ0n) is 19.1. The van der Waals surface area contributed by atoms with Crippen molar-refractivity contribution in [3.8, 4) is 0 Å². The van der Waals surface area contributed by atoms with Gasteiger partial charge in [-0.15, -0.1) is 0 Å². The highest BCUT2D eigenvalue weighted by atomic mass is 31.2. The predicted molar refractivity (Wildman–Crippen MR) is 126 cm³/mol. The summed E-state index contributed by atoms with van der Waals surface area (Å²) in [6, 6.07) is 6.62. The van der Waals surface area contributed by atoms with E-state index in [1.807, 2.05) is 0 Å². The Morgan fingerprint density at radius 2 is 1.57 bits per heavy atom. The fourth-order valence-corrected chi connectivity index (χ4v) is 3.83. The average molecular weight is 511 g/mol. The van der Waals surface area contributed by atoms with Crippen LogP contribution in [0.25, 0.3) is 11.2 Å². The van der Waals surface area contributed by atoms with E-state index >= 15 is 0 Å². The Morgan fingerprint density at radius 1 is 1.00 bits per heavy atom. The van der Waals surface area contributed by atoms with E-state index in [4.69, 9.17) is 19.2 Å². The molecule has 0 amide bonds. The smallest absolute Gasteiger partial charge is 0.369 e. The lowest BCUT2D eigenvalue weighted by atomic mass is 10.2. The number of aromatic nitrogens is 4. The highest BCUT2D eigenvalue weighted by molar-refractivity contribution is 7.45. The molecule has 2 aromatic heterocycles. The molecule has 1 aliphatic rings. The van der Waals surface area contributed by atoms with Crippen LogP contribution in [0, 0.1) is 10.1 Å². The minimum Gasteiger partial charge on any atom is -0.369 e. The summed E-state index contributed by atoms with van der Waals surface area (Å²) >= 11 is 0. The fraction of sp³-hybridized carbons (Fsp3) is 0.421. The second-order valence-electron chi connectivity index (χ2n) is 7.93. The van der Waals surface area contributed by atoms with Crippen LogP contribution >= 0.6 is 7.82 Å². The third kappa shape index (κ3) is 6.41. The number of non-ortho nitro benzene ring substituents is 1. The van der Waals surface area contributed by atoms with E-state index < -0.39 is 12.7 Å². The fourth-order valence-electron chi connectivity index (χ4n) is 3.83. The van der Waals surface area contributed by atoms with Crippen molar-refractivity contribution in [2.24, 2.45) is 14.1 Å². The molecule has 1 aliphatic heterocycles. The number of fused-ring (bicyclic) bond motifs is 1. The Kier molecular flexibility index (Phi) is 7.87. The van der Waals surface area contributed by atoms with Crippen molar-refractivity contribution >= 4 is 30.4 Å². The highest BCUT2D eigenvalue weighted by Gasteiger charge is 2.19. The number of nitro groups is 1. The maximum Gasteiger partial charge on any atom is 0.466 e. The molecule has 1 aromatic carbocycles. The Hall–Kier alpha value is -3.36. The number of nitro benzene ring substituents is 1. The summed E-state index contributed by atoms with van der Waals surface area (Å²) in [5, 5.41) is 10.8. The monoisotopic (exact) mass is 511 g/mol. The number of hydrogen-bond acceptors (Lipinski definition) is 8. The van der Waals surface area contributed by atoms with Gasteiger partial charge in [-0.1, -0.05) is 0 Å². The lowest BCUT2D eigenvalue weighted by Gasteiger charge is -2.36. The van der Waals surface area contributed by atoms with Gasteiger partial charge in [0.05, 0.1) is 11.3 Å². The van der Waals surface area contributed by atoms with Gasteiger partial charge in [0.1, 0.15) is 0 Å². The van der Waals surface area contributed by atoms with Gasteiger partial charge in [0.2, 0.25) is 0 Å². The molecule has 0 atom stereocenters. The van der Waals surface area contributed by atoms with Gasteiger partial charge in [-0.05, 0) is 12.1 Å². The number of rotatable bonds is 5. The highest BCUT2D eigenvalue weighted by Crippen LogP contribution is 2.25. The molecule has 1 fully saturated rings. The number of hydrogen-bond donors (Lipinski definition) is 3. The quantitative estimate of drug-likeness (QED) is 0.222. The molecular weight excluding hydrogens is 485 g/mol. The molecular formula is C19H26N7O8P. The second kappa shape index (κ2) is 10.5. The Morgan fingerprint density at radius 3 is 2.11 bits per heavy atom. The molecule has 190 valence electrons. The van der Waals surface area contributed by atoms with E-state index in [0.29, 0.717) is 17.7 Å². The van der Waals surface area contributed by atoms with Gasteiger partial charge in [0, 0.05) is 71.2 Å². The standard InChI is InChI=1S/C19H23N7O4.H3O4P/c1-21-17-16(18(27)22(2)19(21)28)25(13-20-17)12-9-23-7-10-24(11-8-23)14-3-5-15(6-4-14)26(29)30;1-5(2,3)4/h3-6,13H,7-12H2,1-2H3;(H3,1,2,3,4). The van der Waals surface area contributed by atoms with Gasteiger partial charge < -0.3 is 24.1 Å². The van der Waals surface area contributed by atoms with Crippen LogP contribution in [-0.2, 0) is 25.2 Å². The summed E-state index contributed by atoms with van der Waals surface area (Å²) in [4.78, 5) is 65.3. The van der Waals surface area contributed by atoms with Crippen LogP contribution < -0.4 is 16.1 Å².